The van der Waals surface area contributed by atoms with Crippen molar-refractivity contribution in [2.75, 3.05) is 11.9 Å². The fraction of sp³-hybridized carbons (Fsp3) is 0.333. The van der Waals surface area contributed by atoms with Crippen LogP contribution in [-0.4, -0.2) is 26.5 Å². The summed E-state index contributed by atoms with van der Waals surface area (Å²) in [5.41, 5.74) is 1.05. The predicted molar refractivity (Wildman–Crippen MR) is 71.7 cm³/mol. The highest BCUT2D eigenvalue weighted by atomic mass is 32.2. The molecule has 0 aliphatic heterocycles. The summed E-state index contributed by atoms with van der Waals surface area (Å²) >= 11 is 1.52. The molecule has 94 valence electrons. The number of aromatic nitrogens is 4. The number of nitrogens with one attached hydrogen (secondary N) is 1. The van der Waals surface area contributed by atoms with Crippen LogP contribution in [-0.2, 0) is 0 Å². The molecule has 0 aliphatic carbocycles. The van der Waals surface area contributed by atoms with Crippen LogP contribution in [0.1, 0.15) is 18.9 Å². The Kier molecular flexibility index (Phi) is 4.46. The molecule has 0 aliphatic rings. The van der Waals surface area contributed by atoms with E-state index < -0.39 is 0 Å². The molecule has 0 unspecified atom stereocenters. The summed E-state index contributed by atoms with van der Waals surface area (Å²) < 4.78 is 0. The highest BCUT2D eigenvalue weighted by Crippen LogP contribution is 2.28. The SMILES string of the molecule is CCCNc1ncnc(Sc2ccncn2)c1C. The van der Waals surface area contributed by atoms with Gasteiger partial charge in [0.15, 0.2) is 0 Å². The molecule has 2 aromatic rings. The van der Waals surface area contributed by atoms with E-state index in [0.29, 0.717) is 0 Å². The van der Waals surface area contributed by atoms with Crippen molar-refractivity contribution in [1.29, 1.82) is 0 Å². The van der Waals surface area contributed by atoms with Gasteiger partial charge in [-0.3, -0.25) is 0 Å². The zero-order valence-corrected chi connectivity index (χ0v) is 11.2. The number of hydrogen-bond acceptors (Lipinski definition) is 6. The summed E-state index contributed by atoms with van der Waals surface area (Å²) in [6, 6.07) is 1.87. The maximum Gasteiger partial charge on any atom is 0.133 e. The minimum Gasteiger partial charge on any atom is -0.370 e. The first-order chi connectivity index (χ1) is 8.81. The molecule has 1 N–H and O–H groups in total. The lowest BCUT2D eigenvalue weighted by atomic mass is 10.3. The Morgan fingerprint density at radius 2 is 2.11 bits per heavy atom. The van der Waals surface area contributed by atoms with Crippen LogP contribution < -0.4 is 5.32 Å². The monoisotopic (exact) mass is 261 g/mol. The van der Waals surface area contributed by atoms with E-state index >= 15 is 0 Å². The Hall–Kier alpha value is -1.69. The Labute approximate surface area is 110 Å². The zero-order chi connectivity index (χ0) is 12.8. The molecule has 2 heterocycles. The van der Waals surface area contributed by atoms with Gasteiger partial charge in [0.2, 0.25) is 0 Å². The van der Waals surface area contributed by atoms with Gasteiger partial charge in [-0.1, -0.05) is 6.92 Å². The van der Waals surface area contributed by atoms with Gasteiger partial charge in [-0.05, 0) is 31.2 Å². The molecule has 0 saturated carbocycles. The summed E-state index contributed by atoms with van der Waals surface area (Å²) in [4.78, 5) is 16.6. The maximum atomic E-state index is 4.29. The van der Waals surface area contributed by atoms with Crippen LogP contribution >= 0.6 is 11.8 Å². The van der Waals surface area contributed by atoms with Gasteiger partial charge >= 0.3 is 0 Å². The lowest BCUT2D eigenvalue weighted by Crippen LogP contribution is -2.05. The van der Waals surface area contributed by atoms with Crippen molar-refractivity contribution in [2.24, 2.45) is 0 Å². The van der Waals surface area contributed by atoms with Crippen molar-refractivity contribution >= 4 is 17.6 Å². The molecule has 0 saturated heterocycles. The van der Waals surface area contributed by atoms with E-state index in [4.69, 9.17) is 0 Å². The molecule has 0 bridgehead atoms. The highest BCUT2D eigenvalue weighted by Gasteiger charge is 2.08. The molecular formula is C12H15N5S. The van der Waals surface area contributed by atoms with Crippen LogP contribution in [0.2, 0.25) is 0 Å². The lowest BCUT2D eigenvalue weighted by molar-refractivity contribution is 0.936. The van der Waals surface area contributed by atoms with Crippen molar-refractivity contribution in [3.63, 3.8) is 0 Å². The third-order valence-corrected chi connectivity index (χ3v) is 3.39. The molecule has 0 spiro atoms. The molecule has 18 heavy (non-hydrogen) atoms. The number of hydrogen-bond donors (Lipinski definition) is 1. The Morgan fingerprint density at radius 3 is 2.83 bits per heavy atom. The summed E-state index contributed by atoms with van der Waals surface area (Å²) in [5.74, 6) is 0.892. The quantitative estimate of drug-likeness (QED) is 0.834. The molecular weight excluding hydrogens is 246 g/mol. The standard InChI is InChI=1S/C12H15N5S/c1-3-5-14-11-9(2)12(17-8-16-11)18-10-4-6-13-7-15-10/h4,6-8H,3,5H2,1-2H3,(H,14,16,17). The van der Waals surface area contributed by atoms with E-state index in [1.54, 1.807) is 12.5 Å². The Balaban J connectivity index is 2.18. The first-order valence-corrected chi connectivity index (χ1v) is 6.62. The number of rotatable bonds is 5. The number of nitrogens with zero attached hydrogens (tertiary/aromatic N) is 4. The van der Waals surface area contributed by atoms with Crippen molar-refractivity contribution in [2.45, 2.75) is 30.3 Å². The predicted octanol–water partition coefficient (Wildman–Crippen LogP) is 2.55. The van der Waals surface area contributed by atoms with E-state index in [-0.39, 0.29) is 0 Å². The summed E-state index contributed by atoms with van der Waals surface area (Å²) in [5, 5.41) is 5.09. The molecule has 0 atom stereocenters. The molecule has 0 fully saturated rings. The molecule has 5 nitrogen and oxygen atoms in total. The van der Waals surface area contributed by atoms with Gasteiger partial charge in [-0.25, -0.2) is 19.9 Å². The van der Waals surface area contributed by atoms with E-state index in [9.17, 15) is 0 Å². The average molecular weight is 261 g/mol. The second-order valence-electron chi connectivity index (χ2n) is 3.73. The van der Waals surface area contributed by atoms with Gasteiger partial charge < -0.3 is 5.32 Å². The van der Waals surface area contributed by atoms with Crippen molar-refractivity contribution in [1.82, 2.24) is 19.9 Å². The average Bonchev–Trinajstić information content (AvgIpc) is 2.41. The van der Waals surface area contributed by atoms with E-state index in [1.165, 1.54) is 18.1 Å². The summed E-state index contributed by atoms with van der Waals surface area (Å²) in [6.45, 7) is 5.05. The van der Waals surface area contributed by atoms with Crippen LogP contribution in [0.25, 0.3) is 0 Å². The van der Waals surface area contributed by atoms with Gasteiger partial charge in [-0.15, -0.1) is 0 Å². The smallest absolute Gasteiger partial charge is 0.133 e. The largest absolute Gasteiger partial charge is 0.370 e. The third kappa shape index (κ3) is 3.16. The molecule has 0 aromatic carbocycles. The van der Waals surface area contributed by atoms with Crippen molar-refractivity contribution < 1.29 is 0 Å². The second-order valence-corrected chi connectivity index (χ2v) is 4.74. The van der Waals surface area contributed by atoms with Crippen molar-refractivity contribution in [3.8, 4) is 0 Å². The van der Waals surface area contributed by atoms with Crippen LogP contribution in [0.4, 0.5) is 5.82 Å². The van der Waals surface area contributed by atoms with Gasteiger partial charge in [0.1, 0.15) is 28.5 Å². The lowest BCUT2D eigenvalue weighted by Gasteiger charge is -2.09. The summed E-state index contributed by atoms with van der Waals surface area (Å²) in [7, 11) is 0. The molecule has 2 aromatic heterocycles. The number of anilines is 1. The van der Waals surface area contributed by atoms with Gasteiger partial charge in [0.25, 0.3) is 0 Å². The van der Waals surface area contributed by atoms with Gasteiger partial charge in [0.05, 0.1) is 0 Å². The fourth-order valence-corrected chi connectivity index (χ4v) is 2.17. The molecule has 0 amide bonds. The molecule has 2 rings (SSSR count). The minimum atomic E-state index is 0.883. The van der Waals surface area contributed by atoms with Gasteiger partial charge in [0, 0.05) is 18.3 Å². The highest BCUT2D eigenvalue weighted by molar-refractivity contribution is 7.99. The Bertz CT molecular complexity index is 503. The van der Waals surface area contributed by atoms with Crippen LogP contribution in [0.5, 0.6) is 0 Å². The topological polar surface area (TPSA) is 63.6 Å². The van der Waals surface area contributed by atoms with E-state index in [1.807, 2.05) is 13.0 Å². The van der Waals surface area contributed by atoms with Crippen LogP contribution in [0, 0.1) is 6.92 Å². The second kappa shape index (κ2) is 6.30. The third-order valence-electron chi connectivity index (χ3n) is 2.34. The van der Waals surface area contributed by atoms with Crippen LogP contribution in [0.15, 0.2) is 35.0 Å². The van der Waals surface area contributed by atoms with Gasteiger partial charge in [-0.2, -0.15) is 0 Å². The van der Waals surface area contributed by atoms with E-state index in [0.717, 1.165) is 34.4 Å². The summed E-state index contributed by atoms with van der Waals surface area (Å²) in [6.07, 6.45) is 5.91. The first kappa shape index (κ1) is 12.8. The fourth-order valence-electron chi connectivity index (χ4n) is 1.40. The normalized spacial score (nSPS) is 10.3. The zero-order valence-electron chi connectivity index (χ0n) is 10.4. The molecule has 6 heteroatoms. The minimum absolute atomic E-state index is 0.883. The van der Waals surface area contributed by atoms with Crippen LogP contribution in [0.3, 0.4) is 0 Å². The van der Waals surface area contributed by atoms with Crippen molar-refractivity contribution in [3.05, 3.63) is 30.5 Å². The molecule has 0 radical (unpaired) electrons. The Morgan fingerprint density at radius 1 is 1.22 bits per heavy atom. The first-order valence-electron chi connectivity index (χ1n) is 5.80. The van der Waals surface area contributed by atoms with E-state index in [2.05, 4.69) is 32.2 Å². The maximum absolute atomic E-state index is 4.29.